The molecule has 5 fully saturated rings. The second kappa shape index (κ2) is 4.06. The third-order valence-corrected chi connectivity index (χ3v) is 8.79. The minimum Gasteiger partial charge on any atom is -0.393 e. The molecule has 4 aliphatic carbocycles. The van der Waals surface area contributed by atoms with Crippen molar-refractivity contribution in [2.45, 2.75) is 83.5 Å². The van der Waals surface area contributed by atoms with Gasteiger partial charge in [0.1, 0.15) is 0 Å². The fraction of sp³-hybridized carbons (Fsp3) is 1.00. The van der Waals surface area contributed by atoms with Gasteiger partial charge in [0, 0.05) is 0 Å². The van der Waals surface area contributed by atoms with E-state index in [-0.39, 0.29) is 6.10 Å². The van der Waals surface area contributed by atoms with Gasteiger partial charge >= 0.3 is 0 Å². The predicted octanol–water partition coefficient (Wildman–Crippen LogP) is 3.77. The van der Waals surface area contributed by atoms with Crippen LogP contribution in [0.3, 0.4) is 0 Å². The zero-order valence-electron chi connectivity index (χ0n) is 13.6. The molecule has 0 spiro atoms. The van der Waals surface area contributed by atoms with Crippen LogP contribution in [0.4, 0.5) is 0 Å². The Morgan fingerprint density at radius 1 is 0.905 bits per heavy atom. The summed E-state index contributed by atoms with van der Waals surface area (Å²) in [4.78, 5) is 0. The van der Waals surface area contributed by atoms with Gasteiger partial charge in [-0.25, -0.2) is 0 Å². The van der Waals surface area contributed by atoms with Gasteiger partial charge < -0.3 is 9.84 Å². The molecular weight excluding hydrogens is 260 g/mol. The largest absolute Gasteiger partial charge is 0.393 e. The molecule has 118 valence electrons. The average Bonchev–Trinajstić information content (AvgIpc) is 3.17. The fourth-order valence-corrected chi connectivity index (χ4v) is 7.53. The van der Waals surface area contributed by atoms with Gasteiger partial charge in [0.15, 0.2) is 0 Å². The van der Waals surface area contributed by atoms with Crippen LogP contribution in [-0.2, 0) is 4.74 Å². The Kier molecular flexibility index (Phi) is 2.58. The zero-order valence-corrected chi connectivity index (χ0v) is 13.6. The lowest BCUT2D eigenvalue weighted by molar-refractivity contribution is -0.131. The maximum absolute atomic E-state index is 10.1. The highest BCUT2D eigenvalue weighted by atomic mass is 16.6. The topological polar surface area (TPSA) is 32.8 Å². The van der Waals surface area contributed by atoms with Gasteiger partial charge in [-0.05, 0) is 85.9 Å². The van der Waals surface area contributed by atoms with Gasteiger partial charge in [0.25, 0.3) is 0 Å². The molecule has 2 nitrogen and oxygen atoms in total. The summed E-state index contributed by atoms with van der Waals surface area (Å²) in [5.41, 5.74) is 1.03. The lowest BCUT2D eigenvalue weighted by Crippen LogP contribution is -2.54. The van der Waals surface area contributed by atoms with E-state index in [0.717, 1.165) is 36.5 Å². The Morgan fingerprint density at radius 3 is 2.57 bits per heavy atom. The second-order valence-corrected chi connectivity index (χ2v) is 9.46. The number of hydrogen-bond acceptors (Lipinski definition) is 2. The first kappa shape index (κ1) is 13.4. The molecule has 5 rings (SSSR count). The van der Waals surface area contributed by atoms with E-state index < -0.39 is 0 Å². The van der Waals surface area contributed by atoms with E-state index in [2.05, 4.69) is 13.8 Å². The molecule has 1 saturated heterocycles. The van der Waals surface area contributed by atoms with Crippen LogP contribution in [0.5, 0.6) is 0 Å². The van der Waals surface area contributed by atoms with E-state index in [9.17, 15) is 5.11 Å². The SMILES string of the molecule is C[C@]12CCC(O)CC1CC[C@@H]1[C@@H]2CC[C@]2(C)C3OC3C[C@@H]12. The molecule has 21 heavy (non-hydrogen) atoms. The van der Waals surface area contributed by atoms with Crippen LogP contribution in [0.15, 0.2) is 0 Å². The molecule has 0 aromatic rings. The van der Waals surface area contributed by atoms with Crippen LogP contribution in [0, 0.1) is 34.5 Å². The van der Waals surface area contributed by atoms with Crippen molar-refractivity contribution in [3.05, 3.63) is 0 Å². The van der Waals surface area contributed by atoms with Crippen molar-refractivity contribution in [2.75, 3.05) is 0 Å². The maximum Gasteiger partial charge on any atom is 0.0898 e. The summed E-state index contributed by atoms with van der Waals surface area (Å²) in [7, 11) is 0. The Balaban J connectivity index is 1.46. The Bertz CT molecular complexity index is 462. The first-order valence-corrected chi connectivity index (χ1v) is 9.36. The van der Waals surface area contributed by atoms with Gasteiger partial charge in [0.2, 0.25) is 0 Å². The van der Waals surface area contributed by atoms with Gasteiger partial charge in [-0.15, -0.1) is 0 Å². The molecule has 0 bridgehead atoms. The van der Waals surface area contributed by atoms with Crippen LogP contribution in [0.25, 0.3) is 0 Å². The van der Waals surface area contributed by atoms with Crippen molar-refractivity contribution in [3.8, 4) is 0 Å². The standard InChI is InChI=1S/C19H30O2/c1-18-7-5-12(20)9-11(18)3-4-13-14(18)6-8-19(2)15(13)10-16-17(19)21-16/h11-17,20H,3-10H2,1-2H3/t11?,12?,13-,14+,15+,16?,17?,18+,19+/m1/s1. The molecule has 2 heteroatoms. The first-order chi connectivity index (χ1) is 10.0. The fourth-order valence-electron chi connectivity index (χ4n) is 7.53. The van der Waals surface area contributed by atoms with Gasteiger partial charge in [-0.3, -0.25) is 0 Å². The summed E-state index contributed by atoms with van der Waals surface area (Å²) in [5.74, 6) is 3.61. The van der Waals surface area contributed by atoms with E-state index in [1.165, 1.54) is 38.5 Å². The number of aliphatic hydroxyl groups excluding tert-OH is 1. The number of epoxide rings is 1. The molecular formula is C19H30O2. The molecule has 0 aromatic carbocycles. The number of rotatable bonds is 0. The molecule has 1 aliphatic heterocycles. The van der Waals surface area contributed by atoms with Crippen molar-refractivity contribution < 1.29 is 9.84 Å². The number of fused-ring (bicyclic) bond motifs is 7. The summed E-state index contributed by atoms with van der Waals surface area (Å²) in [6.45, 7) is 5.11. The van der Waals surface area contributed by atoms with E-state index in [4.69, 9.17) is 4.74 Å². The van der Waals surface area contributed by atoms with Crippen LogP contribution < -0.4 is 0 Å². The quantitative estimate of drug-likeness (QED) is 0.689. The van der Waals surface area contributed by atoms with Crippen LogP contribution in [-0.4, -0.2) is 23.4 Å². The molecule has 9 atom stereocenters. The van der Waals surface area contributed by atoms with Crippen LogP contribution >= 0.6 is 0 Å². The molecule has 1 heterocycles. The van der Waals surface area contributed by atoms with E-state index in [0.29, 0.717) is 23.0 Å². The van der Waals surface area contributed by atoms with Crippen LogP contribution in [0.1, 0.15) is 65.2 Å². The lowest BCUT2D eigenvalue weighted by atomic mass is 9.45. The minimum absolute atomic E-state index is 0.0130. The average molecular weight is 290 g/mol. The van der Waals surface area contributed by atoms with Crippen molar-refractivity contribution in [1.29, 1.82) is 0 Å². The van der Waals surface area contributed by atoms with Gasteiger partial charge in [0.05, 0.1) is 18.3 Å². The molecule has 0 amide bonds. The third-order valence-electron chi connectivity index (χ3n) is 8.79. The lowest BCUT2D eigenvalue weighted by Gasteiger charge is -2.60. The van der Waals surface area contributed by atoms with Crippen molar-refractivity contribution in [1.82, 2.24) is 0 Å². The smallest absolute Gasteiger partial charge is 0.0898 e. The highest BCUT2D eigenvalue weighted by Gasteiger charge is 2.68. The molecule has 4 saturated carbocycles. The highest BCUT2D eigenvalue weighted by Crippen LogP contribution is 2.69. The molecule has 4 unspecified atom stereocenters. The normalized spacial score (nSPS) is 65.0. The summed E-state index contributed by atoms with van der Waals surface area (Å²) < 4.78 is 5.92. The van der Waals surface area contributed by atoms with E-state index in [1.807, 2.05) is 0 Å². The molecule has 5 aliphatic rings. The molecule has 1 N–H and O–H groups in total. The summed E-state index contributed by atoms with van der Waals surface area (Å²) >= 11 is 0. The monoisotopic (exact) mass is 290 g/mol. The van der Waals surface area contributed by atoms with Crippen LogP contribution in [0.2, 0.25) is 0 Å². The molecule has 0 radical (unpaired) electrons. The maximum atomic E-state index is 10.1. The summed E-state index contributed by atoms with van der Waals surface area (Å²) in [6, 6.07) is 0. The summed E-state index contributed by atoms with van der Waals surface area (Å²) in [6.07, 6.45) is 11.6. The van der Waals surface area contributed by atoms with Crippen molar-refractivity contribution in [2.24, 2.45) is 34.5 Å². The molecule has 0 aromatic heterocycles. The van der Waals surface area contributed by atoms with E-state index in [1.54, 1.807) is 0 Å². The number of ether oxygens (including phenoxy) is 1. The van der Waals surface area contributed by atoms with Gasteiger partial charge in [-0.2, -0.15) is 0 Å². The predicted molar refractivity (Wildman–Crippen MR) is 81.8 cm³/mol. The number of aliphatic hydroxyl groups is 1. The minimum atomic E-state index is -0.0130. The Morgan fingerprint density at radius 2 is 1.71 bits per heavy atom. The van der Waals surface area contributed by atoms with Gasteiger partial charge in [-0.1, -0.05) is 13.8 Å². The van der Waals surface area contributed by atoms with Crippen molar-refractivity contribution >= 4 is 0 Å². The Hall–Kier alpha value is -0.0800. The number of hydrogen-bond donors (Lipinski definition) is 1. The highest BCUT2D eigenvalue weighted by molar-refractivity contribution is 5.16. The summed E-state index contributed by atoms with van der Waals surface area (Å²) in [5, 5.41) is 10.1. The zero-order chi connectivity index (χ0) is 14.4. The third kappa shape index (κ3) is 1.62. The van der Waals surface area contributed by atoms with E-state index >= 15 is 0 Å². The van der Waals surface area contributed by atoms with Crippen molar-refractivity contribution in [3.63, 3.8) is 0 Å². The first-order valence-electron chi connectivity index (χ1n) is 9.36. The Labute approximate surface area is 128 Å². The second-order valence-electron chi connectivity index (χ2n) is 9.46.